The van der Waals surface area contributed by atoms with Crippen molar-refractivity contribution < 1.29 is 9.59 Å². The molecule has 0 fully saturated rings. The zero-order valence-electron chi connectivity index (χ0n) is 18.8. The number of nitrogens with zero attached hydrogens (tertiary/aromatic N) is 1. The monoisotopic (exact) mass is 453 g/mol. The third-order valence-corrected chi connectivity index (χ3v) is 5.57. The van der Waals surface area contributed by atoms with Crippen LogP contribution in [-0.2, 0) is 0 Å². The Kier molecular flexibility index (Phi) is 7.15. The first-order valence-corrected chi connectivity index (χ1v) is 11.2. The number of unbranched alkanes of at least 4 members (excludes halogenated alkanes) is 1. The molecule has 3 aromatic carbocycles. The van der Waals surface area contributed by atoms with E-state index in [1.54, 1.807) is 12.1 Å². The molecule has 0 saturated heterocycles. The molecule has 0 spiro atoms. The molecule has 0 atom stereocenters. The molecule has 0 aliphatic heterocycles. The summed E-state index contributed by atoms with van der Waals surface area (Å²) in [5.74, 6) is -0.660. The Morgan fingerprint density at radius 1 is 0.882 bits per heavy atom. The third kappa shape index (κ3) is 5.22. The lowest BCUT2D eigenvalue weighted by Gasteiger charge is -2.14. The van der Waals surface area contributed by atoms with E-state index in [0.29, 0.717) is 29.9 Å². The molecule has 0 saturated carbocycles. The van der Waals surface area contributed by atoms with Crippen LogP contribution in [0.3, 0.4) is 0 Å². The van der Waals surface area contributed by atoms with Crippen molar-refractivity contribution in [2.24, 2.45) is 11.5 Å². The molecule has 0 aliphatic rings. The van der Waals surface area contributed by atoms with Crippen molar-refractivity contribution >= 4 is 34.1 Å². The standard InChI is InChI=1S/C27H27N5O2/c28-14-4-5-15-30-27(34)19-10-8-18(9-11-19)20-12-13-24-22(16-20)25(23(17-31-24)26(29)33)32-21-6-2-1-3-7-21/h1-3,6-13,16-17H,4-5,14-15,28H2,(H2,29,33)(H,30,34)(H,31,32). The van der Waals surface area contributed by atoms with Gasteiger partial charge < -0.3 is 22.1 Å². The van der Waals surface area contributed by atoms with Crippen LogP contribution in [0.4, 0.5) is 11.4 Å². The second-order valence-electron chi connectivity index (χ2n) is 7.96. The number of nitrogens with two attached hydrogens (primary N) is 2. The van der Waals surface area contributed by atoms with Crippen LogP contribution in [-0.4, -0.2) is 29.9 Å². The Morgan fingerprint density at radius 2 is 1.62 bits per heavy atom. The van der Waals surface area contributed by atoms with E-state index in [9.17, 15) is 9.59 Å². The lowest BCUT2D eigenvalue weighted by molar-refractivity contribution is 0.0951. The number of hydrogen-bond acceptors (Lipinski definition) is 5. The number of rotatable bonds is 9. The molecule has 172 valence electrons. The number of nitrogens with one attached hydrogen (secondary N) is 2. The average Bonchev–Trinajstić information content (AvgIpc) is 2.87. The lowest BCUT2D eigenvalue weighted by atomic mass is 9.99. The van der Waals surface area contributed by atoms with E-state index in [-0.39, 0.29) is 5.91 Å². The molecule has 0 unspecified atom stereocenters. The van der Waals surface area contributed by atoms with Crippen molar-refractivity contribution in [2.75, 3.05) is 18.4 Å². The lowest BCUT2D eigenvalue weighted by Crippen LogP contribution is -2.24. The van der Waals surface area contributed by atoms with E-state index in [1.807, 2.05) is 60.7 Å². The first-order valence-electron chi connectivity index (χ1n) is 11.2. The van der Waals surface area contributed by atoms with Gasteiger partial charge in [0.1, 0.15) is 0 Å². The molecule has 7 heteroatoms. The Hall–Kier alpha value is -4.23. The Labute approximate surface area is 198 Å². The summed E-state index contributed by atoms with van der Waals surface area (Å²) in [7, 11) is 0. The van der Waals surface area contributed by atoms with E-state index in [0.717, 1.165) is 40.6 Å². The van der Waals surface area contributed by atoms with Crippen LogP contribution in [0.5, 0.6) is 0 Å². The summed E-state index contributed by atoms with van der Waals surface area (Å²) < 4.78 is 0. The van der Waals surface area contributed by atoms with Crippen LogP contribution in [0.1, 0.15) is 33.6 Å². The number of primary amides is 1. The molecule has 2 amide bonds. The van der Waals surface area contributed by atoms with Crippen molar-refractivity contribution in [3.8, 4) is 11.1 Å². The summed E-state index contributed by atoms with van der Waals surface area (Å²) >= 11 is 0. The largest absolute Gasteiger partial charge is 0.365 e. The van der Waals surface area contributed by atoms with Gasteiger partial charge in [0, 0.05) is 29.4 Å². The topological polar surface area (TPSA) is 123 Å². The van der Waals surface area contributed by atoms with Crippen molar-refractivity contribution in [3.63, 3.8) is 0 Å². The Morgan fingerprint density at radius 3 is 2.32 bits per heavy atom. The quantitative estimate of drug-likeness (QED) is 0.283. The van der Waals surface area contributed by atoms with Crippen LogP contribution in [0.15, 0.2) is 79.0 Å². The van der Waals surface area contributed by atoms with E-state index < -0.39 is 5.91 Å². The fourth-order valence-corrected chi connectivity index (χ4v) is 3.75. The maximum Gasteiger partial charge on any atom is 0.252 e. The van der Waals surface area contributed by atoms with E-state index >= 15 is 0 Å². The second-order valence-corrected chi connectivity index (χ2v) is 7.96. The van der Waals surface area contributed by atoms with Crippen molar-refractivity contribution in [1.29, 1.82) is 0 Å². The number of carbonyl (C=O) groups excluding carboxylic acids is 2. The number of para-hydroxylation sites is 1. The van der Waals surface area contributed by atoms with Gasteiger partial charge in [-0.3, -0.25) is 14.6 Å². The predicted octanol–water partition coefficient (Wildman–Crippen LogP) is 4.21. The van der Waals surface area contributed by atoms with Crippen LogP contribution in [0, 0.1) is 0 Å². The maximum atomic E-state index is 12.3. The number of anilines is 2. The number of benzene rings is 3. The Bertz CT molecular complexity index is 1300. The minimum Gasteiger partial charge on any atom is -0.365 e. The van der Waals surface area contributed by atoms with Gasteiger partial charge in [0.05, 0.1) is 16.8 Å². The molecule has 7 nitrogen and oxygen atoms in total. The van der Waals surface area contributed by atoms with Gasteiger partial charge in [0.15, 0.2) is 0 Å². The fourth-order valence-electron chi connectivity index (χ4n) is 3.75. The average molecular weight is 454 g/mol. The smallest absolute Gasteiger partial charge is 0.252 e. The number of carbonyl (C=O) groups is 2. The molecule has 0 aliphatic carbocycles. The molecular formula is C27H27N5O2. The zero-order valence-corrected chi connectivity index (χ0v) is 18.8. The summed E-state index contributed by atoms with van der Waals surface area (Å²) in [5, 5.41) is 7.01. The van der Waals surface area contributed by atoms with Crippen molar-refractivity contribution in [2.45, 2.75) is 12.8 Å². The highest BCUT2D eigenvalue weighted by Gasteiger charge is 2.15. The molecule has 0 radical (unpaired) electrons. The fraction of sp³-hybridized carbons (Fsp3) is 0.148. The normalized spacial score (nSPS) is 10.7. The van der Waals surface area contributed by atoms with Gasteiger partial charge in [-0.1, -0.05) is 36.4 Å². The molecule has 6 N–H and O–H groups in total. The highest BCUT2D eigenvalue weighted by atomic mass is 16.2. The third-order valence-electron chi connectivity index (χ3n) is 5.57. The van der Waals surface area contributed by atoms with E-state index in [4.69, 9.17) is 11.5 Å². The molecule has 0 bridgehead atoms. The van der Waals surface area contributed by atoms with Crippen LogP contribution in [0.2, 0.25) is 0 Å². The summed E-state index contributed by atoms with van der Waals surface area (Å²) in [6.45, 7) is 1.23. The van der Waals surface area contributed by atoms with E-state index in [2.05, 4.69) is 15.6 Å². The molecule has 4 aromatic rings. The van der Waals surface area contributed by atoms with Crippen LogP contribution >= 0.6 is 0 Å². The predicted molar refractivity (Wildman–Crippen MR) is 136 cm³/mol. The van der Waals surface area contributed by atoms with Gasteiger partial charge in [0.25, 0.3) is 11.8 Å². The maximum absolute atomic E-state index is 12.3. The first-order chi connectivity index (χ1) is 16.6. The number of aromatic nitrogens is 1. The number of fused-ring (bicyclic) bond motifs is 1. The molecule has 1 aromatic heterocycles. The van der Waals surface area contributed by atoms with Gasteiger partial charge in [-0.25, -0.2) is 0 Å². The summed E-state index contributed by atoms with van der Waals surface area (Å²) in [6.07, 6.45) is 3.24. The molecule has 1 heterocycles. The van der Waals surface area contributed by atoms with Crippen LogP contribution < -0.4 is 22.1 Å². The van der Waals surface area contributed by atoms with Gasteiger partial charge in [-0.2, -0.15) is 0 Å². The highest BCUT2D eigenvalue weighted by Crippen LogP contribution is 2.32. The van der Waals surface area contributed by atoms with Gasteiger partial charge in [-0.15, -0.1) is 0 Å². The highest BCUT2D eigenvalue weighted by molar-refractivity contribution is 6.08. The van der Waals surface area contributed by atoms with Gasteiger partial charge in [-0.05, 0) is 66.9 Å². The molecule has 34 heavy (non-hydrogen) atoms. The van der Waals surface area contributed by atoms with E-state index in [1.165, 1.54) is 6.20 Å². The van der Waals surface area contributed by atoms with Gasteiger partial charge >= 0.3 is 0 Å². The summed E-state index contributed by atoms with van der Waals surface area (Å²) in [5.41, 5.74) is 16.1. The molecule has 4 rings (SSSR count). The first kappa shape index (κ1) is 22.9. The minimum absolute atomic E-state index is 0.105. The van der Waals surface area contributed by atoms with Crippen molar-refractivity contribution in [3.05, 3.63) is 90.1 Å². The SMILES string of the molecule is NCCCCNC(=O)c1ccc(-c2ccc3ncc(C(N)=O)c(Nc4ccccc4)c3c2)cc1. The summed E-state index contributed by atoms with van der Waals surface area (Å²) in [4.78, 5) is 28.9. The molecular weight excluding hydrogens is 426 g/mol. The van der Waals surface area contributed by atoms with Crippen LogP contribution in [0.25, 0.3) is 22.0 Å². The summed E-state index contributed by atoms with van der Waals surface area (Å²) in [6, 6.07) is 22.9. The number of hydrogen-bond donors (Lipinski definition) is 4. The zero-order chi connectivity index (χ0) is 23.9. The second kappa shape index (κ2) is 10.6. The number of amides is 2. The van der Waals surface area contributed by atoms with Crippen molar-refractivity contribution in [1.82, 2.24) is 10.3 Å². The Balaban J connectivity index is 1.65. The minimum atomic E-state index is -0.555. The number of pyridine rings is 1. The van der Waals surface area contributed by atoms with Gasteiger partial charge in [0.2, 0.25) is 0 Å².